The van der Waals surface area contributed by atoms with E-state index in [-0.39, 0.29) is 6.61 Å². The summed E-state index contributed by atoms with van der Waals surface area (Å²) in [5.74, 6) is -2.62. The summed E-state index contributed by atoms with van der Waals surface area (Å²) < 4.78 is 5.09. The number of ether oxygens (including phenoxy) is 1. The first-order valence-electron chi connectivity index (χ1n) is 9.55. The van der Waals surface area contributed by atoms with E-state index < -0.39 is 29.8 Å². The number of carbonyl (C=O) groups is 3. The van der Waals surface area contributed by atoms with Crippen molar-refractivity contribution in [2.45, 2.75) is 45.6 Å². The predicted octanol–water partition coefficient (Wildman–Crippen LogP) is 3.32. The lowest BCUT2D eigenvalue weighted by molar-refractivity contribution is -0.146. The summed E-state index contributed by atoms with van der Waals surface area (Å²) in [6, 6.07) is 12.7. The highest BCUT2D eigenvalue weighted by atomic mass is 16.5. The minimum Gasteiger partial charge on any atom is -0.480 e. The van der Waals surface area contributed by atoms with Crippen LogP contribution in [0.1, 0.15) is 38.7 Å². The van der Waals surface area contributed by atoms with Crippen LogP contribution in [0.15, 0.2) is 42.5 Å². The fourth-order valence-corrected chi connectivity index (χ4v) is 3.14. The van der Waals surface area contributed by atoms with Gasteiger partial charge in [-0.1, -0.05) is 62.2 Å². The summed E-state index contributed by atoms with van der Waals surface area (Å²) >= 11 is 0. The number of nitrogens with one attached hydrogen (secondary N) is 1. The topological polar surface area (TPSA) is 92.7 Å². The first kappa shape index (κ1) is 21.4. The zero-order valence-electron chi connectivity index (χ0n) is 16.3. The molecule has 0 radical (unpaired) electrons. The lowest BCUT2D eigenvalue weighted by Crippen LogP contribution is -2.45. The molecule has 2 rings (SSSR count). The Morgan fingerprint density at radius 2 is 1.82 bits per heavy atom. The molecule has 0 aliphatic rings. The van der Waals surface area contributed by atoms with Crippen molar-refractivity contribution in [1.29, 1.82) is 0 Å². The molecule has 0 bridgehead atoms. The van der Waals surface area contributed by atoms with E-state index in [1.54, 1.807) is 0 Å². The molecule has 0 saturated heterocycles. The third-order valence-corrected chi connectivity index (χ3v) is 4.67. The van der Waals surface area contributed by atoms with Crippen molar-refractivity contribution in [2.24, 2.45) is 5.92 Å². The number of esters is 1. The number of rotatable bonds is 10. The second kappa shape index (κ2) is 10.4. The number of amides is 1. The largest absolute Gasteiger partial charge is 0.480 e. The molecule has 0 aliphatic heterocycles. The normalized spacial score (nSPS) is 12.9. The van der Waals surface area contributed by atoms with Crippen LogP contribution in [0.3, 0.4) is 0 Å². The number of aliphatic carboxylic acids is 1. The maximum atomic E-state index is 12.8. The predicted molar refractivity (Wildman–Crippen MR) is 107 cm³/mol. The number of unbranched alkanes of at least 4 members (excludes halogenated alkanes) is 1. The average Bonchev–Trinajstić information content (AvgIpc) is 2.67. The smallest absolute Gasteiger partial charge is 0.326 e. The van der Waals surface area contributed by atoms with Crippen molar-refractivity contribution >= 4 is 28.6 Å². The van der Waals surface area contributed by atoms with Crippen molar-refractivity contribution in [3.05, 3.63) is 48.0 Å². The Morgan fingerprint density at radius 3 is 2.50 bits per heavy atom. The van der Waals surface area contributed by atoms with Crippen LogP contribution in [0, 0.1) is 5.92 Å². The number of benzene rings is 2. The molecule has 28 heavy (non-hydrogen) atoms. The highest BCUT2D eigenvalue weighted by molar-refractivity contribution is 5.88. The van der Waals surface area contributed by atoms with Crippen LogP contribution in [-0.2, 0) is 25.5 Å². The average molecular weight is 385 g/mol. The molecule has 2 aromatic carbocycles. The van der Waals surface area contributed by atoms with E-state index in [0.29, 0.717) is 19.3 Å². The van der Waals surface area contributed by atoms with Gasteiger partial charge in [0.15, 0.2) is 0 Å². The molecule has 6 nitrogen and oxygen atoms in total. The van der Waals surface area contributed by atoms with E-state index in [9.17, 15) is 19.5 Å². The highest BCUT2D eigenvalue weighted by Crippen LogP contribution is 2.22. The Hall–Kier alpha value is -2.89. The van der Waals surface area contributed by atoms with E-state index in [0.717, 1.165) is 22.8 Å². The van der Waals surface area contributed by atoms with Gasteiger partial charge in [0.1, 0.15) is 12.6 Å². The van der Waals surface area contributed by atoms with E-state index in [1.807, 2.05) is 49.4 Å². The van der Waals surface area contributed by atoms with Crippen molar-refractivity contribution < 1.29 is 24.2 Å². The molecule has 0 fully saturated rings. The highest BCUT2D eigenvalue weighted by Gasteiger charge is 2.26. The van der Waals surface area contributed by atoms with E-state index in [1.165, 1.54) is 6.92 Å². The molecule has 0 saturated carbocycles. The summed E-state index contributed by atoms with van der Waals surface area (Å²) in [4.78, 5) is 35.5. The maximum Gasteiger partial charge on any atom is 0.326 e. The Labute approximate surface area is 164 Å². The monoisotopic (exact) mass is 385 g/mol. The quantitative estimate of drug-likeness (QED) is 0.612. The van der Waals surface area contributed by atoms with Gasteiger partial charge < -0.3 is 15.2 Å². The van der Waals surface area contributed by atoms with Gasteiger partial charge in [-0.15, -0.1) is 0 Å². The van der Waals surface area contributed by atoms with E-state index in [4.69, 9.17) is 4.74 Å². The van der Waals surface area contributed by atoms with Gasteiger partial charge in [-0.05, 0) is 29.2 Å². The minimum atomic E-state index is -1.06. The maximum absolute atomic E-state index is 12.8. The molecule has 0 spiro atoms. The van der Waals surface area contributed by atoms with Crippen molar-refractivity contribution in [3.63, 3.8) is 0 Å². The molecule has 2 atom stereocenters. The first-order valence-corrected chi connectivity index (χ1v) is 9.55. The zero-order valence-corrected chi connectivity index (χ0v) is 16.3. The first-order chi connectivity index (χ1) is 13.4. The van der Waals surface area contributed by atoms with Gasteiger partial charge in [-0.25, -0.2) is 4.79 Å². The van der Waals surface area contributed by atoms with Crippen LogP contribution in [0.25, 0.3) is 10.8 Å². The minimum absolute atomic E-state index is 0.0928. The molecule has 2 aromatic rings. The number of carbonyl (C=O) groups excluding carboxylic acids is 2. The molecule has 0 unspecified atom stereocenters. The fraction of sp³-hybridized carbons (Fsp3) is 0.409. The molecule has 0 heterocycles. The van der Waals surface area contributed by atoms with Gasteiger partial charge in [-0.2, -0.15) is 0 Å². The van der Waals surface area contributed by atoms with Gasteiger partial charge >= 0.3 is 11.9 Å². The molecule has 150 valence electrons. The summed E-state index contributed by atoms with van der Waals surface area (Å²) in [6.07, 6.45) is 2.26. The standard InChI is InChI=1S/C22H27NO5/c1-3-4-12-20(22(26)27)23-21(25)18(14-28-15(2)24)13-17-10-7-9-16-8-5-6-11-19(16)17/h5-11,18,20H,3-4,12-14H2,1-2H3,(H,23,25)(H,26,27)/t18-,20+/m1/s1. The SMILES string of the molecule is CCCC[C@H](NC(=O)[C@@H](COC(C)=O)Cc1cccc2ccccc12)C(=O)O. The van der Waals surface area contributed by atoms with Gasteiger partial charge in [-0.3, -0.25) is 9.59 Å². The van der Waals surface area contributed by atoms with Gasteiger partial charge in [0, 0.05) is 6.92 Å². The van der Waals surface area contributed by atoms with Crippen molar-refractivity contribution in [3.8, 4) is 0 Å². The summed E-state index contributed by atoms with van der Waals surface area (Å²) in [5.41, 5.74) is 0.950. The fourth-order valence-electron chi connectivity index (χ4n) is 3.14. The molecule has 6 heteroatoms. The second-order valence-corrected chi connectivity index (χ2v) is 6.88. The van der Waals surface area contributed by atoms with Gasteiger partial charge in [0.05, 0.1) is 5.92 Å². The Bertz CT molecular complexity index is 827. The van der Waals surface area contributed by atoms with Gasteiger partial charge in [0.25, 0.3) is 0 Å². The van der Waals surface area contributed by atoms with Crippen molar-refractivity contribution in [1.82, 2.24) is 5.32 Å². The molecular weight excluding hydrogens is 358 g/mol. The van der Waals surface area contributed by atoms with Crippen molar-refractivity contribution in [2.75, 3.05) is 6.61 Å². The summed E-state index contributed by atoms with van der Waals surface area (Å²) in [7, 11) is 0. The van der Waals surface area contributed by atoms with Crippen LogP contribution >= 0.6 is 0 Å². The molecule has 0 aromatic heterocycles. The summed E-state index contributed by atoms with van der Waals surface area (Å²) in [6.45, 7) is 3.16. The van der Waals surface area contributed by atoms with Gasteiger partial charge in [0.2, 0.25) is 5.91 Å². The van der Waals surface area contributed by atoms with Crippen LogP contribution in [-0.4, -0.2) is 35.6 Å². The number of fused-ring (bicyclic) bond motifs is 1. The van der Waals surface area contributed by atoms with Crippen LogP contribution in [0.5, 0.6) is 0 Å². The molecule has 2 N–H and O–H groups in total. The number of carboxylic acid groups (broad SMARTS) is 1. The Kier molecular flexibility index (Phi) is 7.99. The zero-order chi connectivity index (χ0) is 20.5. The number of hydrogen-bond donors (Lipinski definition) is 2. The third kappa shape index (κ3) is 6.08. The molecule has 0 aliphatic carbocycles. The summed E-state index contributed by atoms with van der Waals surface area (Å²) in [5, 5.41) is 14.1. The number of hydrogen-bond acceptors (Lipinski definition) is 4. The van der Waals surface area contributed by atoms with Crippen LogP contribution in [0.4, 0.5) is 0 Å². The lowest BCUT2D eigenvalue weighted by Gasteiger charge is -2.21. The number of carboxylic acids is 1. The molecular formula is C22H27NO5. The van der Waals surface area contributed by atoms with Crippen LogP contribution in [0.2, 0.25) is 0 Å². The molecule has 1 amide bonds. The third-order valence-electron chi connectivity index (χ3n) is 4.67. The Balaban J connectivity index is 2.21. The van der Waals surface area contributed by atoms with Crippen LogP contribution < -0.4 is 5.32 Å². The second-order valence-electron chi connectivity index (χ2n) is 6.88. The van der Waals surface area contributed by atoms with E-state index in [2.05, 4.69) is 5.32 Å². The Morgan fingerprint density at radius 1 is 1.11 bits per heavy atom. The lowest BCUT2D eigenvalue weighted by atomic mass is 9.94. The van der Waals surface area contributed by atoms with E-state index >= 15 is 0 Å².